The van der Waals surface area contributed by atoms with Crippen molar-refractivity contribution >= 4 is 5.82 Å². The van der Waals surface area contributed by atoms with Crippen molar-refractivity contribution in [2.24, 2.45) is 5.73 Å². The van der Waals surface area contributed by atoms with E-state index in [1.165, 1.54) is 6.33 Å². The highest BCUT2D eigenvalue weighted by atomic mass is 19.3. The quantitative estimate of drug-likeness (QED) is 0.772. The van der Waals surface area contributed by atoms with Gasteiger partial charge >= 0.3 is 0 Å². The standard InChI is InChI=1S/C9H14F2N4/c1-2-7-3-8(15-6-14-7)13-5-9(10,11)4-12/h3,6H,2,4-5,12H2,1H3,(H,13,14,15). The van der Waals surface area contributed by atoms with Crippen LogP contribution in [0.4, 0.5) is 14.6 Å². The molecule has 0 radical (unpaired) electrons. The highest BCUT2D eigenvalue weighted by Gasteiger charge is 2.26. The van der Waals surface area contributed by atoms with Gasteiger partial charge in [0.05, 0.1) is 13.1 Å². The number of aryl methyl sites for hydroxylation is 1. The normalized spacial score (nSPS) is 11.5. The summed E-state index contributed by atoms with van der Waals surface area (Å²) < 4.78 is 25.6. The molecule has 84 valence electrons. The van der Waals surface area contributed by atoms with Gasteiger partial charge in [-0.15, -0.1) is 0 Å². The van der Waals surface area contributed by atoms with Crippen molar-refractivity contribution in [1.29, 1.82) is 0 Å². The van der Waals surface area contributed by atoms with Gasteiger partial charge in [-0.05, 0) is 6.42 Å². The molecule has 0 fully saturated rings. The molecular weight excluding hydrogens is 202 g/mol. The van der Waals surface area contributed by atoms with Gasteiger partial charge in [-0.2, -0.15) is 0 Å². The molecule has 6 heteroatoms. The summed E-state index contributed by atoms with van der Waals surface area (Å²) in [6.45, 7) is 0.746. The minimum atomic E-state index is -2.91. The van der Waals surface area contributed by atoms with Crippen LogP contribution in [0.3, 0.4) is 0 Å². The fraction of sp³-hybridized carbons (Fsp3) is 0.556. The van der Waals surface area contributed by atoms with Crippen LogP contribution < -0.4 is 11.1 Å². The average Bonchev–Trinajstić information content (AvgIpc) is 2.27. The Labute approximate surface area is 86.9 Å². The molecule has 15 heavy (non-hydrogen) atoms. The predicted octanol–water partition coefficient (Wildman–Crippen LogP) is 1.04. The molecule has 0 amide bonds. The van der Waals surface area contributed by atoms with Gasteiger partial charge in [0.25, 0.3) is 5.92 Å². The summed E-state index contributed by atoms with van der Waals surface area (Å²) in [7, 11) is 0. The van der Waals surface area contributed by atoms with Gasteiger partial charge < -0.3 is 11.1 Å². The summed E-state index contributed by atoms with van der Waals surface area (Å²) in [5.74, 6) is -2.51. The SMILES string of the molecule is CCc1cc(NCC(F)(F)CN)ncn1. The van der Waals surface area contributed by atoms with Crippen LogP contribution in [0.15, 0.2) is 12.4 Å². The number of hydrogen-bond acceptors (Lipinski definition) is 4. The Kier molecular flexibility index (Phi) is 3.90. The second-order valence-electron chi connectivity index (χ2n) is 3.16. The summed E-state index contributed by atoms with van der Waals surface area (Å²) in [6, 6.07) is 1.65. The highest BCUT2D eigenvalue weighted by Crippen LogP contribution is 2.12. The number of nitrogens with one attached hydrogen (secondary N) is 1. The number of aromatic nitrogens is 2. The smallest absolute Gasteiger partial charge is 0.276 e. The van der Waals surface area contributed by atoms with Crippen LogP contribution in [0.1, 0.15) is 12.6 Å². The summed E-state index contributed by atoms with van der Waals surface area (Å²) in [5.41, 5.74) is 5.71. The number of hydrogen-bond donors (Lipinski definition) is 2. The summed E-state index contributed by atoms with van der Waals surface area (Å²) in [5, 5.41) is 2.53. The molecule has 1 aromatic rings. The Hall–Kier alpha value is -1.30. The van der Waals surface area contributed by atoms with Gasteiger partial charge in [0, 0.05) is 11.8 Å². The van der Waals surface area contributed by atoms with E-state index < -0.39 is 19.0 Å². The zero-order chi connectivity index (χ0) is 11.3. The summed E-state index contributed by atoms with van der Waals surface area (Å²) >= 11 is 0. The van der Waals surface area contributed by atoms with Crippen LogP contribution in [-0.4, -0.2) is 29.0 Å². The number of rotatable bonds is 5. The Morgan fingerprint density at radius 3 is 2.80 bits per heavy atom. The number of anilines is 1. The van der Waals surface area contributed by atoms with Crippen molar-refractivity contribution < 1.29 is 8.78 Å². The third-order valence-corrected chi connectivity index (χ3v) is 1.91. The zero-order valence-corrected chi connectivity index (χ0v) is 8.50. The van der Waals surface area contributed by atoms with E-state index >= 15 is 0 Å². The zero-order valence-electron chi connectivity index (χ0n) is 8.50. The first-order valence-electron chi connectivity index (χ1n) is 4.70. The first kappa shape index (κ1) is 11.8. The molecule has 0 aliphatic rings. The fourth-order valence-electron chi connectivity index (χ4n) is 0.980. The monoisotopic (exact) mass is 216 g/mol. The summed E-state index contributed by atoms with van der Waals surface area (Å²) in [6.07, 6.45) is 2.09. The lowest BCUT2D eigenvalue weighted by molar-refractivity contribution is 0.0253. The molecule has 3 N–H and O–H groups in total. The Bertz CT molecular complexity index is 317. The van der Waals surface area contributed by atoms with E-state index in [0.717, 1.165) is 12.1 Å². The lowest BCUT2D eigenvalue weighted by Gasteiger charge is -2.14. The predicted molar refractivity (Wildman–Crippen MR) is 53.9 cm³/mol. The second kappa shape index (κ2) is 4.97. The Morgan fingerprint density at radius 2 is 2.20 bits per heavy atom. The van der Waals surface area contributed by atoms with E-state index in [1.807, 2.05) is 6.92 Å². The average molecular weight is 216 g/mol. The maximum atomic E-state index is 12.8. The minimum absolute atomic E-state index is 0.398. The van der Waals surface area contributed by atoms with E-state index in [1.54, 1.807) is 6.07 Å². The largest absolute Gasteiger partial charge is 0.364 e. The topological polar surface area (TPSA) is 63.8 Å². The van der Waals surface area contributed by atoms with E-state index in [2.05, 4.69) is 15.3 Å². The van der Waals surface area contributed by atoms with Crippen molar-refractivity contribution in [3.63, 3.8) is 0 Å². The van der Waals surface area contributed by atoms with Gasteiger partial charge in [0.15, 0.2) is 0 Å². The van der Waals surface area contributed by atoms with E-state index in [-0.39, 0.29) is 0 Å². The first-order chi connectivity index (χ1) is 7.07. The van der Waals surface area contributed by atoms with Crippen LogP contribution in [0.2, 0.25) is 0 Å². The molecular formula is C9H14F2N4. The number of nitrogens with two attached hydrogens (primary N) is 1. The molecule has 0 spiro atoms. The fourth-order valence-corrected chi connectivity index (χ4v) is 0.980. The van der Waals surface area contributed by atoms with Crippen molar-refractivity contribution in [3.8, 4) is 0 Å². The first-order valence-corrected chi connectivity index (χ1v) is 4.70. The molecule has 0 atom stereocenters. The molecule has 0 saturated heterocycles. The van der Waals surface area contributed by atoms with Crippen molar-refractivity contribution in [3.05, 3.63) is 18.1 Å². The van der Waals surface area contributed by atoms with Crippen LogP contribution in [0.5, 0.6) is 0 Å². The molecule has 4 nitrogen and oxygen atoms in total. The molecule has 0 aliphatic carbocycles. The molecule has 0 bridgehead atoms. The van der Waals surface area contributed by atoms with Gasteiger partial charge in [0.2, 0.25) is 0 Å². The molecule has 1 aromatic heterocycles. The minimum Gasteiger partial charge on any atom is -0.364 e. The van der Waals surface area contributed by atoms with E-state index in [4.69, 9.17) is 5.73 Å². The van der Waals surface area contributed by atoms with E-state index in [9.17, 15) is 8.78 Å². The lowest BCUT2D eigenvalue weighted by atomic mass is 10.3. The van der Waals surface area contributed by atoms with Crippen LogP contribution in [0, 0.1) is 0 Å². The van der Waals surface area contributed by atoms with Crippen LogP contribution in [-0.2, 0) is 6.42 Å². The number of halogens is 2. The van der Waals surface area contributed by atoms with Crippen molar-refractivity contribution in [2.75, 3.05) is 18.4 Å². The lowest BCUT2D eigenvalue weighted by Crippen LogP contribution is -2.35. The summed E-state index contributed by atoms with van der Waals surface area (Å²) in [4.78, 5) is 7.79. The number of nitrogens with zero attached hydrogens (tertiary/aromatic N) is 2. The van der Waals surface area contributed by atoms with Crippen LogP contribution >= 0.6 is 0 Å². The van der Waals surface area contributed by atoms with E-state index in [0.29, 0.717) is 5.82 Å². The molecule has 0 saturated carbocycles. The molecule has 0 unspecified atom stereocenters. The van der Waals surface area contributed by atoms with Crippen LogP contribution in [0.25, 0.3) is 0 Å². The Morgan fingerprint density at radius 1 is 1.47 bits per heavy atom. The Balaban J connectivity index is 2.57. The van der Waals surface area contributed by atoms with Gasteiger partial charge in [-0.3, -0.25) is 0 Å². The molecule has 1 rings (SSSR count). The van der Waals surface area contributed by atoms with Gasteiger partial charge in [-0.1, -0.05) is 6.92 Å². The second-order valence-corrected chi connectivity index (χ2v) is 3.16. The molecule has 0 aliphatic heterocycles. The van der Waals surface area contributed by atoms with Crippen molar-refractivity contribution in [2.45, 2.75) is 19.3 Å². The third-order valence-electron chi connectivity index (χ3n) is 1.91. The maximum Gasteiger partial charge on any atom is 0.276 e. The van der Waals surface area contributed by atoms with Gasteiger partial charge in [-0.25, -0.2) is 18.7 Å². The number of alkyl halides is 2. The maximum absolute atomic E-state index is 12.8. The van der Waals surface area contributed by atoms with Gasteiger partial charge in [0.1, 0.15) is 12.1 Å². The van der Waals surface area contributed by atoms with Crippen molar-refractivity contribution in [1.82, 2.24) is 9.97 Å². The molecule has 1 heterocycles. The highest BCUT2D eigenvalue weighted by molar-refractivity contribution is 5.35. The third kappa shape index (κ3) is 3.75. The molecule has 0 aromatic carbocycles.